The Labute approximate surface area is 158 Å². The molecular weight excluding hydrogens is 370 g/mol. The maximum atomic E-state index is 12.9. The molecular formula is C18H19N3O5S. The number of H-pyrrole nitrogens is 1. The van der Waals surface area contributed by atoms with Crippen molar-refractivity contribution in [2.45, 2.75) is 33.7 Å². The van der Waals surface area contributed by atoms with Gasteiger partial charge < -0.3 is 14.8 Å². The third-order valence-electron chi connectivity index (χ3n) is 4.16. The minimum atomic E-state index is -1.08. The predicted octanol–water partition coefficient (Wildman–Crippen LogP) is 2.30. The van der Waals surface area contributed by atoms with Gasteiger partial charge in [-0.3, -0.25) is 14.2 Å². The molecule has 142 valence electrons. The van der Waals surface area contributed by atoms with E-state index in [4.69, 9.17) is 4.74 Å². The number of aromatic carboxylic acids is 1. The number of nitrogens with one attached hydrogen (secondary N) is 1. The fraction of sp³-hybridized carbons (Fsp3) is 0.333. The van der Waals surface area contributed by atoms with E-state index in [1.165, 1.54) is 16.8 Å². The zero-order chi connectivity index (χ0) is 19.7. The molecule has 0 saturated carbocycles. The summed E-state index contributed by atoms with van der Waals surface area (Å²) < 4.78 is 6.78. The topological polar surface area (TPSA) is 114 Å². The minimum Gasteiger partial charge on any atom is -0.488 e. The summed E-state index contributed by atoms with van der Waals surface area (Å²) in [5.74, 6) is -0.401. The van der Waals surface area contributed by atoms with Gasteiger partial charge in [-0.05, 0) is 25.8 Å². The molecule has 0 atom stereocenters. The third kappa shape index (κ3) is 3.50. The van der Waals surface area contributed by atoms with Gasteiger partial charge in [-0.1, -0.05) is 6.92 Å². The van der Waals surface area contributed by atoms with Crippen LogP contribution in [0.2, 0.25) is 0 Å². The fourth-order valence-electron chi connectivity index (χ4n) is 2.80. The number of aryl methyl sites for hydroxylation is 2. The molecule has 0 spiro atoms. The molecule has 0 aromatic carbocycles. The van der Waals surface area contributed by atoms with Gasteiger partial charge >= 0.3 is 5.97 Å². The number of rotatable bonds is 6. The van der Waals surface area contributed by atoms with Crippen LogP contribution in [0.3, 0.4) is 0 Å². The Kier molecular flexibility index (Phi) is 5.13. The lowest BCUT2D eigenvalue weighted by atomic mass is 10.2. The van der Waals surface area contributed by atoms with Gasteiger partial charge in [0.1, 0.15) is 15.5 Å². The zero-order valence-corrected chi connectivity index (χ0v) is 16.0. The van der Waals surface area contributed by atoms with E-state index in [9.17, 15) is 19.5 Å². The summed E-state index contributed by atoms with van der Waals surface area (Å²) in [5, 5.41) is 9.57. The molecule has 27 heavy (non-hydrogen) atoms. The molecule has 9 heteroatoms. The number of hydrogen-bond donors (Lipinski definition) is 2. The molecule has 0 aliphatic rings. The first-order valence-electron chi connectivity index (χ1n) is 8.41. The van der Waals surface area contributed by atoms with E-state index in [2.05, 4.69) is 9.97 Å². The average molecular weight is 389 g/mol. The molecule has 0 bridgehead atoms. The van der Waals surface area contributed by atoms with Crippen molar-refractivity contribution in [2.24, 2.45) is 0 Å². The maximum Gasteiger partial charge on any atom is 0.346 e. The number of pyridine rings is 1. The van der Waals surface area contributed by atoms with Gasteiger partial charge in [0.05, 0.1) is 18.5 Å². The lowest BCUT2D eigenvalue weighted by Crippen LogP contribution is -2.25. The van der Waals surface area contributed by atoms with Crippen LogP contribution in [-0.4, -0.2) is 32.2 Å². The van der Waals surface area contributed by atoms with Crippen molar-refractivity contribution < 1.29 is 14.6 Å². The fourth-order valence-corrected chi connectivity index (χ4v) is 3.85. The Morgan fingerprint density at radius 3 is 2.74 bits per heavy atom. The molecule has 0 aliphatic heterocycles. The minimum absolute atomic E-state index is 0.109. The van der Waals surface area contributed by atoms with Crippen molar-refractivity contribution in [1.29, 1.82) is 0 Å². The molecule has 3 heterocycles. The maximum absolute atomic E-state index is 12.9. The zero-order valence-electron chi connectivity index (χ0n) is 15.2. The van der Waals surface area contributed by atoms with Gasteiger partial charge in [0, 0.05) is 18.0 Å². The Morgan fingerprint density at radius 1 is 1.37 bits per heavy atom. The van der Waals surface area contributed by atoms with Crippen LogP contribution in [0.1, 0.15) is 40.1 Å². The van der Waals surface area contributed by atoms with Gasteiger partial charge in [0.15, 0.2) is 5.75 Å². The van der Waals surface area contributed by atoms with Crippen LogP contribution < -0.4 is 15.7 Å². The molecule has 0 radical (unpaired) electrons. The Hall–Kier alpha value is -2.94. The number of carboxylic acids is 1. The van der Waals surface area contributed by atoms with Crippen LogP contribution in [0.25, 0.3) is 10.2 Å². The van der Waals surface area contributed by atoms with Crippen molar-refractivity contribution in [2.75, 3.05) is 6.61 Å². The van der Waals surface area contributed by atoms with Crippen molar-refractivity contribution >= 4 is 27.5 Å². The van der Waals surface area contributed by atoms with Crippen molar-refractivity contribution in [3.63, 3.8) is 0 Å². The van der Waals surface area contributed by atoms with E-state index in [1.807, 2.05) is 6.92 Å². The van der Waals surface area contributed by atoms with Gasteiger partial charge in [-0.2, -0.15) is 0 Å². The Balaban J connectivity index is 2.04. The largest absolute Gasteiger partial charge is 0.488 e. The standard InChI is InChI=1S/C18H19N3O5S/c1-4-5-26-13-7-19-11(6-12(13)22)8-21-10(3)20-16-14(17(21)23)9(2)15(27-16)18(24)25/h6-7H,4-5,8H2,1-3H3,(H,19,22)(H,24,25). The number of fused-ring (bicyclic) bond motifs is 1. The van der Waals surface area contributed by atoms with Crippen molar-refractivity contribution in [3.8, 4) is 5.75 Å². The Morgan fingerprint density at radius 2 is 2.11 bits per heavy atom. The molecule has 2 N–H and O–H groups in total. The lowest BCUT2D eigenvalue weighted by molar-refractivity contribution is 0.0701. The summed E-state index contributed by atoms with van der Waals surface area (Å²) in [6, 6.07) is 1.39. The molecule has 0 unspecified atom stereocenters. The molecule has 0 aliphatic carbocycles. The number of thiophene rings is 1. The number of carboxylic acid groups (broad SMARTS) is 1. The third-order valence-corrected chi connectivity index (χ3v) is 5.34. The highest BCUT2D eigenvalue weighted by Gasteiger charge is 2.20. The first kappa shape index (κ1) is 18.8. The SMILES string of the molecule is CCCOc1c[nH]c(Cn2c(C)nc3sc(C(=O)O)c(C)c3c2=O)cc1=O. The summed E-state index contributed by atoms with van der Waals surface area (Å²) in [5.41, 5.74) is 0.342. The number of nitrogens with zero attached hydrogens (tertiary/aromatic N) is 2. The van der Waals surface area contributed by atoms with E-state index >= 15 is 0 Å². The second-order valence-corrected chi connectivity index (χ2v) is 7.13. The monoisotopic (exact) mass is 389 g/mol. The number of carbonyl (C=O) groups is 1. The highest BCUT2D eigenvalue weighted by molar-refractivity contribution is 7.20. The average Bonchev–Trinajstić information content (AvgIpc) is 2.94. The summed E-state index contributed by atoms with van der Waals surface area (Å²) in [6.07, 6.45) is 2.28. The highest BCUT2D eigenvalue weighted by Crippen LogP contribution is 2.27. The van der Waals surface area contributed by atoms with Crippen LogP contribution in [-0.2, 0) is 6.54 Å². The number of aromatic amines is 1. The molecule has 3 rings (SSSR count). The van der Waals surface area contributed by atoms with E-state index < -0.39 is 5.97 Å². The number of ether oxygens (including phenoxy) is 1. The van der Waals surface area contributed by atoms with Crippen LogP contribution >= 0.6 is 11.3 Å². The van der Waals surface area contributed by atoms with Crippen LogP contribution in [0, 0.1) is 13.8 Å². The van der Waals surface area contributed by atoms with Gasteiger partial charge in [-0.15, -0.1) is 11.3 Å². The Bertz CT molecular complexity index is 1140. The molecule has 3 aromatic rings. The number of aromatic nitrogens is 3. The summed E-state index contributed by atoms with van der Waals surface area (Å²) in [7, 11) is 0. The second kappa shape index (κ2) is 7.36. The lowest BCUT2D eigenvalue weighted by Gasteiger charge is -2.10. The smallest absolute Gasteiger partial charge is 0.346 e. The van der Waals surface area contributed by atoms with Crippen molar-refractivity contribution in [3.05, 3.63) is 54.8 Å². The summed E-state index contributed by atoms with van der Waals surface area (Å²) in [6.45, 7) is 5.79. The first-order chi connectivity index (χ1) is 12.8. The highest BCUT2D eigenvalue weighted by atomic mass is 32.1. The van der Waals surface area contributed by atoms with Crippen LogP contribution in [0.15, 0.2) is 21.9 Å². The van der Waals surface area contributed by atoms with Gasteiger partial charge in [0.2, 0.25) is 5.43 Å². The molecule has 8 nitrogen and oxygen atoms in total. The predicted molar refractivity (Wildman–Crippen MR) is 102 cm³/mol. The van der Waals surface area contributed by atoms with E-state index in [1.54, 1.807) is 13.8 Å². The molecule has 0 amide bonds. The van der Waals surface area contributed by atoms with Gasteiger partial charge in [-0.25, -0.2) is 9.78 Å². The summed E-state index contributed by atoms with van der Waals surface area (Å²) >= 11 is 0.989. The van der Waals surface area contributed by atoms with Crippen LogP contribution in [0.4, 0.5) is 0 Å². The van der Waals surface area contributed by atoms with E-state index in [0.29, 0.717) is 33.9 Å². The van der Waals surface area contributed by atoms with E-state index in [0.717, 1.165) is 17.8 Å². The molecule has 3 aromatic heterocycles. The van der Waals surface area contributed by atoms with E-state index in [-0.39, 0.29) is 28.2 Å². The van der Waals surface area contributed by atoms with Crippen LogP contribution in [0.5, 0.6) is 5.75 Å². The molecule has 0 fully saturated rings. The normalized spacial score (nSPS) is 11.1. The second-order valence-electron chi connectivity index (χ2n) is 6.13. The summed E-state index contributed by atoms with van der Waals surface area (Å²) in [4.78, 5) is 44.3. The van der Waals surface area contributed by atoms with Gasteiger partial charge in [0.25, 0.3) is 5.56 Å². The quantitative estimate of drug-likeness (QED) is 0.669. The van der Waals surface area contributed by atoms with Crippen molar-refractivity contribution in [1.82, 2.24) is 14.5 Å². The first-order valence-corrected chi connectivity index (χ1v) is 9.23. The number of hydrogen-bond acceptors (Lipinski definition) is 6. The molecule has 0 saturated heterocycles.